The van der Waals surface area contributed by atoms with Crippen LogP contribution in [0.25, 0.3) is 10.2 Å². The average Bonchev–Trinajstić information content (AvgIpc) is 2.81. The minimum atomic E-state index is -3.79. The number of non-ortho nitro benzene ring substituents is 1. The van der Waals surface area contributed by atoms with Crippen molar-refractivity contribution in [3.05, 3.63) is 40.5 Å². The first kappa shape index (κ1) is 15.4. The topological polar surface area (TPSA) is 90.2 Å². The summed E-state index contributed by atoms with van der Waals surface area (Å²) in [5.74, 6) is -0.494. The minimum Gasteiger partial charge on any atom is -0.258 e. The van der Waals surface area contributed by atoms with Crippen molar-refractivity contribution in [1.29, 1.82) is 0 Å². The van der Waals surface area contributed by atoms with Gasteiger partial charge in [-0.05, 0) is 18.6 Å². The molecular formula is C11H8F2N2O4S2. The van der Waals surface area contributed by atoms with Crippen LogP contribution >= 0.6 is 11.3 Å². The first-order valence-corrected chi connectivity index (χ1v) is 8.05. The Bertz CT molecular complexity index is 826. The maximum atomic E-state index is 11.9. The van der Waals surface area contributed by atoms with E-state index in [1.165, 1.54) is 18.2 Å². The van der Waals surface area contributed by atoms with Gasteiger partial charge >= 0.3 is 0 Å². The monoisotopic (exact) mass is 334 g/mol. The lowest BCUT2D eigenvalue weighted by atomic mass is 10.3. The van der Waals surface area contributed by atoms with Gasteiger partial charge in [-0.25, -0.2) is 13.4 Å². The summed E-state index contributed by atoms with van der Waals surface area (Å²) in [7, 11) is -3.79. The van der Waals surface area contributed by atoms with E-state index in [0.29, 0.717) is 16.3 Å². The lowest BCUT2D eigenvalue weighted by Gasteiger charge is -1.96. The summed E-state index contributed by atoms with van der Waals surface area (Å²) in [4.78, 5) is 13.9. The number of nitro benzene ring substituents is 1. The van der Waals surface area contributed by atoms with Gasteiger partial charge in [-0.3, -0.25) is 10.1 Å². The van der Waals surface area contributed by atoms with Crippen molar-refractivity contribution in [3.8, 4) is 0 Å². The summed E-state index contributed by atoms with van der Waals surface area (Å²) < 4.78 is 47.8. The van der Waals surface area contributed by atoms with Gasteiger partial charge in [0, 0.05) is 12.1 Å². The molecule has 0 bridgehead atoms. The summed E-state index contributed by atoms with van der Waals surface area (Å²) in [6.07, 6.45) is -1.73. The number of hydrogen-bond acceptors (Lipinski definition) is 6. The molecular weight excluding hydrogens is 326 g/mol. The summed E-state index contributed by atoms with van der Waals surface area (Å²) in [5, 5.41) is 10.6. The molecule has 0 unspecified atom stereocenters. The van der Waals surface area contributed by atoms with Crippen LogP contribution in [0.4, 0.5) is 14.5 Å². The molecule has 1 heterocycles. The molecule has 0 radical (unpaired) electrons. The maximum absolute atomic E-state index is 11.9. The fourth-order valence-electron chi connectivity index (χ4n) is 1.55. The van der Waals surface area contributed by atoms with Gasteiger partial charge in [-0.2, -0.15) is 8.78 Å². The van der Waals surface area contributed by atoms with Crippen molar-refractivity contribution in [1.82, 2.24) is 4.98 Å². The Balaban J connectivity index is 2.33. The third-order valence-corrected chi connectivity index (χ3v) is 5.74. The number of nitro groups is 1. The van der Waals surface area contributed by atoms with Crippen LogP contribution in [-0.2, 0) is 9.84 Å². The van der Waals surface area contributed by atoms with E-state index in [1.54, 1.807) is 0 Å². The summed E-state index contributed by atoms with van der Waals surface area (Å²) in [5.41, 5.74) is 0.147. The first-order valence-electron chi connectivity index (χ1n) is 5.58. The van der Waals surface area contributed by atoms with Crippen molar-refractivity contribution in [2.45, 2.75) is 10.8 Å². The Kier molecular flexibility index (Phi) is 4.28. The molecule has 0 fully saturated rings. The van der Waals surface area contributed by atoms with E-state index >= 15 is 0 Å². The van der Waals surface area contributed by atoms with E-state index in [-0.39, 0.29) is 16.4 Å². The predicted molar refractivity (Wildman–Crippen MR) is 73.2 cm³/mol. The second-order valence-electron chi connectivity index (χ2n) is 3.99. The Labute approximate surface area is 121 Å². The number of halogens is 2. The molecule has 1 aromatic carbocycles. The molecule has 10 heteroatoms. The molecule has 0 aliphatic carbocycles. The largest absolute Gasteiger partial charge is 0.270 e. The summed E-state index contributed by atoms with van der Waals surface area (Å²) >= 11 is 0.783. The summed E-state index contributed by atoms with van der Waals surface area (Å²) in [6.45, 7) is 0. The number of hydrogen-bond donors (Lipinski definition) is 0. The maximum Gasteiger partial charge on any atom is 0.270 e. The Morgan fingerprint density at radius 1 is 1.43 bits per heavy atom. The van der Waals surface area contributed by atoms with E-state index in [1.807, 2.05) is 0 Å². The lowest BCUT2D eigenvalue weighted by molar-refractivity contribution is -0.384. The predicted octanol–water partition coefficient (Wildman–Crippen LogP) is 3.15. The molecule has 0 saturated heterocycles. The Hall–Kier alpha value is -1.94. The number of rotatable bonds is 5. The third-order valence-electron chi connectivity index (χ3n) is 2.51. The fourth-order valence-corrected chi connectivity index (χ4v) is 4.15. The molecule has 0 N–H and O–H groups in total. The van der Waals surface area contributed by atoms with Crippen molar-refractivity contribution >= 4 is 37.1 Å². The molecule has 6 nitrogen and oxygen atoms in total. The van der Waals surface area contributed by atoms with Crippen molar-refractivity contribution in [3.63, 3.8) is 0 Å². The fraction of sp³-hybridized carbons (Fsp3) is 0.182. The second-order valence-corrected chi connectivity index (χ2v) is 7.30. The number of sulfone groups is 1. The van der Waals surface area contributed by atoms with Crippen LogP contribution in [0.3, 0.4) is 0 Å². The number of nitrogens with zero attached hydrogens (tertiary/aromatic N) is 2. The van der Waals surface area contributed by atoms with E-state index in [2.05, 4.69) is 4.98 Å². The number of benzene rings is 1. The average molecular weight is 334 g/mol. The second kappa shape index (κ2) is 5.82. The van der Waals surface area contributed by atoms with Gasteiger partial charge in [0.15, 0.2) is 0 Å². The lowest BCUT2D eigenvalue weighted by Crippen LogP contribution is -2.05. The van der Waals surface area contributed by atoms with Crippen LogP contribution in [0.15, 0.2) is 34.7 Å². The van der Waals surface area contributed by atoms with Crippen LogP contribution in [0.2, 0.25) is 0 Å². The zero-order valence-corrected chi connectivity index (χ0v) is 12.0. The van der Waals surface area contributed by atoms with Gasteiger partial charge in [0.2, 0.25) is 14.2 Å². The highest BCUT2D eigenvalue weighted by Gasteiger charge is 2.20. The number of aromatic nitrogens is 1. The molecule has 2 rings (SSSR count). The molecule has 0 saturated carbocycles. The van der Waals surface area contributed by atoms with Gasteiger partial charge < -0.3 is 0 Å². The third kappa shape index (κ3) is 3.58. The molecule has 112 valence electrons. The SMILES string of the molecule is O=[N+]([O-])c1ccc2nc(S(=O)(=O)CCC=C(F)F)sc2c1. The van der Waals surface area contributed by atoms with Gasteiger partial charge in [0.25, 0.3) is 11.8 Å². The highest BCUT2D eigenvalue weighted by atomic mass is 32.2. The van der Waals surface area contributed by atoms with Crippen LogP contribution in [0.1, 0.15) is 6.42 Å². The van der Waals surface area contributed by atoms with Crippen molar-refractivity contribution in [2.75, 3.05) is 5.75 Å². The van der Waals surface area contributed by atoms with E-state index in [9.17, 15) is 27.3 Å². The Morgan fingerprint density at radius 3 is 2.76 bits per heavy atom. The zero-order chi connectivity index (χ0) is 15.6. The molecule has 0 atom stereocenters. The normalized spacial score (nSPS) is 11.5. The van der Waals surface area contributed by atoms with Crippen LogP contribution in [-0.4, -0.2) is 24.1 Å². The van der Waals surface area contributed by atoms with Crippen molar-refractivity contribution < 1.29 is 22.1 Å². The number of allylic oxidation sites excluding steroid dienone is 1. The van der Waals surface area contributed by atoms with E-state index < -0.39 is 26.6 Å². The quantitative estimate of drug-likeness (QED) is 0.619. The first-order chi connectivity index (χ1) is 9.79. The van der Waals surface area contributed by atoms with Gasteiger partial charge in [0.05, 0.1) is 20.9 Å². The smallest absolute Gasteiger partial charge is 0.258 e. The van der Waals surface area contributed by atoms with Crippen molar-refractivity contribution in [2.24, 2.45) is 0 Å². The van der Waals surface area contributed by atoms with E-state index in [0.717, 1.165) is 11.3 Å². The molecule has 0 aliphatic heterocycles. The van der Waals surface area contributed by atoms with E-state index in [4.69, 9.17) is 0 Å². The van der Waals surface area contributed by atoms with Gasteiger partial charge in [0.1, 0.15) is 0 Å². The minimum absolute atomic E-state index is 0.169. The molecule has 1 aromatic heterocycles. The highest BCUT2D eigenvalue weighted by Crippen LogP contribution is 2.29. The number of fused-ring (bicyclic) bond motifs is 1. The molecule has 2 aromatic rings. The number of thiazole rings is 1. The van der Waals surface area contributed by atoms with Crippen LogP contribution < -0.4 is 0 Å². The zero-order valence-electron chi connectivity index (χ0n) is 10.3. The van der Waals surface area contributed by atoms with Gasteiger partial charge in [-0.1, -0.05) is 0 Å². The molecule has 21 heavy (non-hydrogen) atoms. The summed E-state index contributed by atoms with van der Waals surface area (Å²) in [6, 6.07) is 3.80. The van der Waals surface area contributed by atoms with Crippen LogP contribution in [0.5, 0.6) is 0 Å². The highest BCUT2D eigenvalue weighted by molar-refractivity contribution is 7.93. The van der Waals surface area contributed by atoms with Crippen LogP contribution in [0, 0.1) is 10.1 Å². The Morgan fingerprint density at radius 2 is 2.14 bits per heavy atom. The standard InChI is InChI=1S/C11H8F2N2O4S2/c12-10(13)2-1-5-21(18,19)11-14-8-4-3-7(15(16)17)6-9(8)20-11/h2-4,6H,1,5H2. The molecule has 0 amide bonds. The van der Waals surface area contributed by atoms with Gasteiger partial charge in [-0.15, -0.1) is 11.3 Å². The molecule has 0 spiro atoms. The molecule has 0 aliphatic rings.